The summed E-state index contributed by atoms with van der Waals surface area (Å²) >= 11 is 0. The lowest BCUT2D eigenvalue weighted by molar-refractivity contribution is -0.116. The van der Waals surface area contributed by atoms with Crippen LogP contribution in [0.15, 0.2) is 48.8 Å². The van der Waals surface area contributed by atoms with Gasteiger partial charge in [-0.25, -0.2) is 19.8 Å². The number of hydrogen-bond acceptors (Lipinski definition) is 9. The summed E-state index contributed by atoms with van der Waals surface area (Å²) in [5, 5.41) is 16.1. The zero-order valence-corrected chi connectivity index (χ0v) is 20.9. The molecule has 1 amide bonds. The van der Waals surface area contributed by atoms with Crippen molar-refractivity contribution in [2.75, 3.05) is 43.5 Å². The van der Waals surface area contributed by atoms with Crippen LogP contribution in [0.5, 0.6) is 5.75 Å². The van der Waals surface area contributed by atoms with Crippen LogP contribution in [-0.2, 0) is 4.79 Å². The third-order valence-corrected chi connectivity index (χ3v) is 6.19. The highest BCUT2D eigenvalue weighted by atomic mass is 19.1. The van der Waals surface area contributed by atoms with Gasteiger partial charge in [0.1, 0.15) is 23.7 Å². The van der Waals surface area contributed by atoms with Crippen molar-refractivity contribution >= 4 is 28.3 Å². The van der Waals surface area contributed by atoms with Gasteiger partial charge < -0.3 is 25.4 Å². The average Bonchev–Trinajstić information content (AvgIpc) is 3.32. The van der Waals surface area contributed by atoms with Gasteiger partial charge in [0.2, 0.25) is 5.91 Å². The fraction of sp³-hybridized carbons (Fsp3) is 0.423. The molecule has 5 N–H and O–H groups in total. The van der Waals surface area contributed by atoms with Gasteiger partial charge >= 0.3 is 0 Å². The van der Waals surface area contributed by atoms with E-state index in [2.05, 4.69) is 43.3 Å². The maximum atomic E-state index is 13.3. The number of nitrogens with zero attached hydrogens (tertiary/aromatic N) is 3. The lowest BCUT2D eigenvalue weighted by Gasteiger charge is -2.19. The van der Waals surface area contributed by atoms with Crippen LogP contribution in [-0.4, -0.2) is 70.9 Å². The summed E-state index contributed by atoms with van der Waals surface area (Å²) < 4.78 is 19.2. The molecule has 1 saturated heterocycles. The van der Waals surface area contributed by atoms with Gasteiger partial charge in [-0.05, 0) is 49.7 Å². The number of amides is 1. The Labute approximate surface area is 215 Å². The van der Waals surface area contributed by atoms with Crippen LogP contribution in [0.2, 0.25) is 0 Å². The number of ether oxygens (including phenoxy) is 1. The van der Waals surface area contributed by atoms with Crippen molar-refractivity contribution < 1.29 is 19.0 Å². The minimum absolute atomic E-state index is 0.0971. The Morgan fingerprint density at radius 3 is 2.92 bits per heavy atom. The second kappa shape index (κ2) is 13.2. The number of hydrogen-bond donors (Lipinski definition) is 5. The number of aromatic nitrogens is 2. The minimum atomic E-state index is -0.393. The van der Waals surface area contributed by atoms with Crippen molar-refractivity contribution in [1.82, 2.24) is 25.7 Å². The number of anilines is 2. The zero-order chi connectivity index (χ0) is 26.0. The lowest BCUT2D eigenvalue weighted by atomic mass is 10.1. The molecule has 2 unspecified atom stereocenters. The van der Waals surface area contributed by atoms with E-state index in [-0.39, 0.29) is 31.1 Å². The van der Waals surface area contributed by atoms with E-state index < -0.39 is 5.82 Å². The van der Waals surface area contributed by atoms with Crippen molar-refractivity contribution in [1.29, 1.82) is 0 Å². The van der Waals surface area contributed by atoms with Crippen molar-refractivity contribution in [3.05, 3.63) is 54.6 Å². The topological polar surface area (TPSA) is 124 Å². The van der Waals surface area contributed by atoms with Gasteiger partial charge in [0, 0.05) is 42.7 Å². The van der Waals surface area contributed by atoms with Crippen molar-refractivity contribution in [2.24, 2.45) is 0 Å². The molecule has 0 saturated carbocycles. The number of hydrazine groups is 1. The molecule has 4 rings (SSSR count). The maximum absolute atomic E-state index is 13.3. The summed E-state index contributed by atoms with van der Waals surface area (Å²) in [6.07, 6.45) is 3.12. The molecule has 2 aromatic carbocycles. The average molecular weight is 512 g/mol. The first-order chi connectivity index (χ1) is 18.0. The number of halogens is 1. The van der Waals surface area contributed by atoms with Gasteiger partial charge in [0.25, 0.3) is 0 Å². The standard InChI is InChI=1S/C26H34FN7O3/c1-2-34(10-11-35)9-4-12-37-21-7-8-22-23(16-21)28-17-29-26(22)31-24-14-20(32-33-24)15-25(36)30-19-6-3-5-18(27)13-19/h3,5-8,13,16-17,20,24,32-33,35H,2,4,9-12,14-15H2,1H3,(H,30,36)(H,28,29,31). The molecule has 10 nitrogen and oxygen atoms in total. The number of rotatable bonds is 13. The summed E-state index contributed by atoms with van der Waals surface area (Å²) in [5.74, 6) is 0.841. The van der Waals surface area contributed by atoms with Crippen LogP contribution in [0.3, 0.4) is 0 Å². The monoisotopic (exact) mass is 511 g/mol. The first kappa shape index (κ1) is 26.7. The van der Waals surface area contributed by atoms with E-state index in [0.29, 0.717) is 31.1 Å². The Bertz CT molecular complexity index is 1180. The third kappa shape index (κ3) is 7.80. The zero-order valence-electron chi connectivity index (χ0n) is 20.9. The highest BCUT2D eigenvalue weighted by Gasteiger charge is 2.26. The van der Waals surface area contributed by atoms with Crippen LogP contribution in [0, 0.1) is 5.82 Å². The van der Waals surface area contributed by atoms with Gasteiger partial charge in [-0.15, -0.1) is 0 Å². The van der Waals surface area contributed by atoms with E-state index in [0.717, 1.165) is 36.2 Å². The lowest BCUT2D eigenvalue weighted by Crippen LogP contribution is -2.38. The summed E-state index contributed by atoms with van der Waals surface area (Å²) in [6, 6.07) is 11.5. The van der Waals surface area contributed by atoms with Crippen LogP contribution in [0.25, 0.3) is 10.9 Å². The first-order valence-corrected chi connectivity index (χ1v) is 12.6. The molecule has 1 aromatic heterocycles. The smallest absolute Gasteiger partial charge is 0.225 e. The van der Waals surface area contributed by atoms with Crippen molar-refractivity contribution in [3.63, 3.8) is 0 Å². The molecule has 2 atom stereocenters. The molecule has 1 aliphatic heterocycles. The predicted molar refractivity (Wildman–Crippen MR) is 141 cm³/mol. The Kier molecular flexibility index (Phi) is 9.55. The van der Waals surface area contributed by atoms with E-state index in [1.165, 1.54) is 18.5 Å². The predicted octanol–water partition coefficient (Wildman–Crippen LogP) is 2.49. The summed E-state index contributed by atoms with van der Waals surface area (Å²) in [6.45, 7) is 5.26. The largest absolute Gasteiger partial charge is 0.493 e. The number of benzene rings is 2. The molecular formula is C26H34FN7O3. The van der Waals surface area contributed by atoms with E-state index in [1.807, 2.05) is 18.2 Å². The third-order valence-electron chi connectivity index (χ3n) is 6.19. The number of aliphatic hydroxyl groups is 1. The van der Waals surface area contributed by atoms with Crippen LogP contribution in [0.4, 0.5) is 15.9 Å². The molecule has 198 valence electrons. The van der Waals surface area contributed by atoms with E-state index in [9.17, 15) is 9.18 Å². The highest BCUT2D eigenvalue weighted by molar-refractivity contribution is 5.91. The highest BCUT2D eigenvalue weighted by Crippen LogP contribution is 2.25. The van der Waals surface area contributed by atoms with Crippen LogP contribution in [0.1, 0.15) is 26.2 Å². The summed E-state index contributed by atoms with van der Waals surface area (Å²) in [5.41, 5.74) is 7.50. The van der Waals surface area contributed by atoms with Gasteiger partial charge in [-0.3, -0.25) is 10.2 Å². The Hall–Kier alpha value is -3.38. The first-order valence-electron chi connectivity index (χ1n) is 12.6. The Morgan fingerprint density at radius 1 is 1.22 bits per heavy atom. The van der Waals surface area contributed by atoms with Crippen LogP contribution >= 0.6 is 0 Å². The van der Waals surface area contributed by atoms with Crippen molar-refractivity contribution in [2.45, 2.75) is 38.4 Å². The quantitative estimate of drug-likeness (QED) is 0.220. The normalized spacial score (nSPS) is 17.3. The minimum Gasteiger partial charge on any atom is -0.493 e. The summed E-state index contributed by atoms with van der Waals surface area (Å²) in [4.78, 5) is 23.3. The van der Waals surface area contributed by atoms with Crippen molar-refractivity contribution in [3.8, 4) is 5.75 Å². The second-order valence-electron chi connectivity index (χ2n) is 8.94. The number of carbonyl (C=O) groups excluding carboxylic acids is 1. The number of likely N-dealkylation sites (N-methyl/N-ethyl adjacent to an activating group) is 1. The molecule has 11 heteroatoms. The van der Waals surface area contributed by atoms with Crippen LogP contribution < -0.4 is 26.2 Å². The molecule has 0 radical (unpaired) electrons. The Balaban J connectivity index is 1.27. The molecular weight excluding hydrogens is 477 g/mol. The molecule has 1 aliphatic rings. The van der Waals surface area contributed by atoms with Gasteiger partial charge in [0.15, 0.2) is 0 Å². The van der Waals surface area contributed by atoms with Gasteiger partial charge in [-0.2, -0.15) is 0 Å². The summed E-state index contributed by atoms with van der Waals surface area (Å²) in [7, 11) is 0. The molecule has 3 aromatic rings. The number of nitrogens with one attached hydrogen (secondary N) is 4. The second-order valence-corrected chi connectivity index (χ2v) is 8.94. The fourth-order valence-corrected chi connectivity index (χ4v) is 4.31. The van der Waals surface area contributed by atoms with Gasteiger partial charge in [0.05, 0.1) is 24.9 Å². The molecule has 37 heavy (non-hydrogen) atoms. The fourth-order valence-electron chi connectivity index (χ4n) is 4.31. The molecule has 0 bridgehead atoms. The molecule has 0 spiro atoms. The van der Waals surface area contributed by atoms with E-state index in [4.69, 9.17) is 9.84 Å². The molecule has 0 aliphatic carbocycles. The number of aliphatic hydroxyl groups excluding tert-OH is 1. The molecule has 2 heterocycles. The maximum Gasteiger partial charge on any atom is 0.225 e. The number of fused-ring (bicyclic) bond motifs is 1. The SMILES string of the molecule is CCN(CCO)CCCOc1ccc2c(NC3CC(CC(=O)Nc4cccc(F)c4)NN3)ncnc2c1. The number of carbonyl (C=O) groups is 1. The van der Waals surface area contributed by atoms with E-state index >= 15 is 0 Å². The molecule has 1 fully saturated rings. The van der Waals surface area contributed by atoms with Gasteiger partial charge in [-0.1, -0.05) is 13.0 Å². The Morgan fingerprint density at radius 2 is 2.11 bits per heavy atom. The van der Waals surface area contributed by atoms with E-state index in [1.54, 1.807) is 12.1 Å².